The highest BCUT2D eigenvalue weighted by atomic mass is 32.1. The van der Waals surface area contributed by atoms with Gasteiger partial charge in [0, 0.05) is 47.2 Å². The van der Waals surface area contributed by atoms with E-state index in [-0.39, 0.29) is 0 Å². The van der Waals surface area contributed by atoms with Gasteiger partial charge in [0.25, 0.3) is 0 Å². The summed E-state index contributed by atoms with van der Waals surface area (Å²) in [4.78, 5) is 0. The van der Waals surface area contributed by atoms with E-state index in [0.29, 0.717) is 11.0 Å². The van der Waals surface area contributed by atoms with Gasteiger partial charge in [0.2, 0.25) is 0 Å². The second-order valence-corrected chi connectivity index (χ2v) is 10.2. The first-order valence-electron chi connectivity index (χ1n) is 11.8. The lowest BCUT2D eigenvalue weighted by atomic mass is 9.79. The highest BCUT2D eigenvalue weighted by Crippen LogP contribution is 2.44. The van der Waals surface area contributed by atoms with E-state index in [1.165, 1.54) is 30.9 Å². The summed E-state index contributed by atoms with van der Waals surface area (Å²) in [6.45, 7) is 0. The third-order valence-corrected chi connectivity index (χ3v) is 8.44. The molecule has 0 bridgehead atoms. The first-order valence-corrected chi connectivity index (χ1v) is 12.7. The van der Waals surface area contributed by atoms with E-state index in [1.54, 1.807) is 6.07 Å². The number of thiophene rings is 1. The Balaban J connectivity index is 1.55. The molecule has 3 aromatic heterocycles. The maximum Gasteiger partial charge on any atom is 0.492 e. The number of para-hydroxylation sites is 3. The third kappa shape index (κ3) is 2.55. The van der Waals surface area contributed by atoms with Crippen molar-refractivity contribution in [3.63, 3.8) is 0 Å². The molecule has 36 heavy (non-hydrogen) atoms. The van der Waals surface area contributed by atoms with Gasteiger partial charge in [0.05, 0.1) is 16.7 Å². The molecule has 5 aromatic carbocycles. The molecule has 170 valence electrons. The third-order valence-electron chi connectivity index (χ3n) is 7.23. The fraction of sp³-hybridized carbons (Fsp3) is 0. The number of fused-ring (bicyclic) bond motifs is 10. The molecule has 0 unspecified atom stereocenters. The van der Waals surface area contributed by atoms with Gasteiger partial charge in [-0.15, -0.1) is 11.3 Å². The molecule has 0 aliphatic carbocycles. The van der Waals surface area contributed by atoms with Gasteiger partial charge in [0.1, 0.15) is 5.58 Å². The SMILES string of the molecule is OB(O)c1cccc2c1oc1c(-n3c4ccccc4c4c5sc6ccccc6c5ccc43)cccc12. The van der Waals surface area contributed by atoms with Crippen LogP contribution in [0.2, 0.25) is 0 Å². The maximum atomic E-state index is 9.93. The number of rotatable bonds is 2. The summed E-state index contributed by atoms with van der Waals surface area (Å²) >= 11 is 1.83. The van der Waals surface area contributed by atoms with Crippen LogP contribution in [0.4, 0.5) is 0 Å². The van der Waals surface area contributed by atoms with Crippen molar-refractivity contribution in [3.05, 3.63) is 97.1 Å². The van der Waals surface area contributed by atoms with E-state index < -0.39 is 7.12 Å². The second kappa shape index (κ2) is 7.21. The summed E-state index contributed by atoms with van der Waals surface area (Å²) in [5.74, 6) is 0. The Morgan fingerprint density at radius 2 is 1.33 bits per heavy atom. The molecule has 0 saturated heterocycles. The van der Waals surface area contributed by atoms with Crippen LogP contribution in [0.3, 0.4) is 0 Å². The summed E-state index contributed by atoms with van der Waals surface area (Å²) < 4.78 is 11.2. The van der Waals surface area contributed by atoms with E-state index in [1.807, 2.05) is 35.6 Å². The molecule has 0 saturated carbocycles. The number of furan rings is 1. The number of nitrogens with zero attached hydrogens (tertiary/aromatic N) is 1. The lowest BCUT2D eigenvalue weighted by Crippen LogP contribution is -2.29. The highest BCUT2D eigenvalue weighted by Gasteiger charge is 2.23. The van der Waals surface area contributed by atoms with Crippen LogP contribution < -0.4 is 5.46 Å². The predicted octanol–water partition coefficient (Wildman–Crippen LogP) is 6.73. The van der Waals surface area contributed by atoms with E-state index in [2.05, 4.69) is 71.3 Å². The predicted molar refractivity (Wildman–Crippen MR) is 151 cm³/mol. The zero-order valence-electron chi connectivity index (χ0n) is 19.0. The van der Waals surface area contributed by atoms with Crippen LogP contribution in [-0.4, -0.2) is 21.7 Å². The average Bonchev–Trinajstić information content (AvgIpc) is 3.57. The van der Waals surface area contributed by atoms with Gasteiger partial charge in [-0.25, -0.2) is 0 Å². The molecule has 3 heterocycles. The lowest BCUT2D eigenvalue weighted by molar-refractivity contribution is 0.425. The zero-order valence-corrected chi connectivity index (χ0v) is 19.8. The standard InChI is InChI=1S/C30H18BNO3S/c33-31(34)22-11-5-9-18-19-10-6-13-25(29(19)35-28(18)22)32-23-12-3-1-8-21(23)27-24(32)16-15-20-17-7-2-4-14-26(17)36-30(20)27/h1-16,33-34H. The topological polar surface area (TPSA) is 58.5 Å². The number of aromatic nitrogens is 1. The normalized spacial score (nSPS) is 12.2. The molecule has 0 aliphatic rings. The van der Waals surface area contributed by atoms with Crippen molar-refractivity contribution in [2.75, 3.05) is 0 Å². The van der Waals surface area contributed by atoms with Crippen molar-refractivity contribution in [1.29, 1.82) is 0 Å². The maximum absolute atomic E-state index is 9.93. The Labute approximate surface area is 209 Å². The van der Waals surface area contributed by atoms with Crippen LogP contribution in [0.5, 0.6) is 0 Å². The van der Waals surface area contributed by atoms with E-state index in [4.69, 9.17) is 4.42 Å². The minimum absolute atomic E-state index is 0.365. The van der Waals surface area contributed by atoms with Crippen molar-refractivity contribution < 1.29 is 14.5 Å². The molecule has 0 radical (unpaired) electrons. The van der Waals surface area contributed by atoms with Crippen LogP contribution >= 0.6 is 11.3 Å². The van der Waals surface area contributed by atoms with Crippen molar-refractivity contribution in [3.8, 4) is 5.69 Å². The minimum Gasteiger partial charge on any atom is -0.454 e. The Morgan fingerprint density at radius 1 is 0.611 bits per heavy atom. The molecule has 0 atom stereocenters. The molecule has 0 aliphatic heterocycles. The first-order chi connectivity index (χ1) is 17.7. The highest BCUT2D eigenvalue weighted by molar-refractivity contribution is 7.26. The van der Waals surface area contributed by atoms with Crippen molar-refractivity contribution >= 4 is 87.8 Å². The monoisotopic (exact) mass is 483 g/mol. The van der Waals surface area contributed by atoms with Gasteiger partial charge in [-0.05, 0) is 24.3 Å². The largest absolute Gasteiger partial charge is 0.492 e. The molecule has 8 aromatic rings. The Hall–Kier alpha value is -4.10. The smallest absolute Gasteiger partial charge is 0.454 e. The van der Waals surface area contributed by atoms with Crippen LogP contribution in [0.1, 0.15) is 0 Å². The number of hydrogen-bond donors (Lipinski definition) is 2. The van der Waals surface area contributed by atoms with Crippen molar-refractivity contribution in [1.82, 2.24) is 4.57 Å². The average molecular weight is 483 g/mol. The quantitative estimate of drug-likeness (QED) is 0.268. The summed E-state index contributed by atoms with van der Waals surface area (Å²) in [5, 5.41) is 26.7. The van der Waals surface area contributed by atoms with Crippen molar-refractivity contribution in [2.45, 2.75) is 0 Å². The molecular weight excluding hydrogens is 465 g/mol. The van der Waals surface area contributed by atoms with Crippen molar-refractivity contribution in [2.24, 2.45) is 0 Å². The Kier molecular flexibility index (Phi) is 4.03. The van der Waals surface area contributed by atoms with Gasteiger partial charge >= 0.3 is 7.12 Å². The molecule has 4 nitrogen and oxygen atoms in total. The Morgan fingerprint density at radius 3 is 2.19 bits per heavy atom. The van der Waals surface area contributed by atoms with Gasteiger partial charge in [-0.3, -0.25) is 0 Å². The van der Waals surface area contributed by atoms with Gasteiger partial charge in [0.15, 0.2) is 5.58 Å². The molecule has 0 fully saturated rings. The van der Waals surface area contributed by atoms with Gasteiger partial charge < -0.3 is 19.0 Å². The molecule has 8 rings (SSSR count). The summed E-state index contributed by atoms with van der Waals surface area (Å²) in [7, 11) is -1.60. The molecule has 0 amide bonds. The van der Waals surface area contributed by atoms with E-state index in [9.17, 15) is 10.0 Å². The lowest BCUT2D eigenvalue weighted by Gasteiger charge is -2.08. The molecule has 6 heteroatoms. The fourth-order valence-corrected chi connectivity index (χ4v) is 6.96. The fourth-order valence-electron chi connectivity index (χ4n) is 5.70. The summed E-state index contributed by atoms with van der Waals surface area (Å²) in [5.41, 5.74) is 4.73. The first kappa shape index (κ1) is 20.1. The van der Waals surface area contributed by atoms with Gasteiger partial charge in [-0.1, -0.05) is 72.8 Å². The molecular formula is C30H18BNO3S. The van der Waals surface area contributed by atoms with E-state index >= 15 is 0 Å². The Bertz CT molecular complexity index is 2150. The summed E-state index contributed by atoms with van der Waals surface area (Å²) in [6, 6.07) is 33.1. The molecule has 0 spiro atoms. The molecule has 2 N–H and O–H groups in total. The minimum atomic E-state index is -1.60. The second-order valence-electron chi connectivity index (χ2n) is 9.14. The summed E-state index contributed by atoms with van der Waals surface area (Å²) in [6.07, 6.45) is 0. The van der Waals surface area contributed by atoms with Crippen LogP contribution in [0, 0.1) is 0 Å². The van der Waals surface area contributed by atoms with Crippen LogP contribution in [0.25, 0.3) is 69.6 Å². The van der Waals surface area contributed by atoms with Gasteiger partial charge in [-0.2, -0.15) is 0 Å². The van der Waals surface area contributed by atoms with Crippen LogP contribution in [0.15, 0.2) is 101 Å². The zero-order chi connectivity index (χ0) is 24.0. The number of hydrogen-bond acceptors (Lipinski definition) is 4. The van der Waals surface area contributed by atoms with Crippen LogP contribution in [-0.2, 0) is 0 Å². The van der Waals surface area contributed by atoms with E-state index in [0.717, 1.165) is 33.1 Å². The number of benzene rings is 5.